The topological polar surface area (TPSA) is 158 Å². The van der Waals surface area contributed by atoms with Crippen LogP contribution in [0.15, 0.2) is 30.5 Å². The zero-order valence-corrected chi connectivity index (χ0v) is 19.5. The minimum absolute atomic E-state index is 0.245. The first-order valence-corrected chi connectivity index (χ1v) is 11.6. The van der Waals surface area contributed by atoms with Crippen LogP contribution in [0.25, 0.3) is 10.9 Å². The largest absolute Gasteiger partial charge is 0.480 e. The van der Waals surface area contributed by atoms with Gasteiger partial charge in [-0.25, -0.2) is 4.79 Å². The number of nitrogens with two attached hydrogens (primary N) is 1. The highest BCUT2D eigenvalue weighted by Crippen LogP contribution is 2.20. The zero-order chi connectivity index (χ0) is 24.8. The monoisotopic (exact) mass is 471 g/mol. The average Bonchev–Trinajstić information content (AvgIpc) is 3.47. The van der Waals surface area contributed by atoms with Gasteiger partial charge in [0.15, 0.2) is 0 Å². The Morgan fingerprint density at radius 1 is 1.26 bits per heavy atom. The third-order valence-corrected chi connectivity index (χ3v) is 6.52. The van der Waals surface area contributed by atoms with E-state index in [0.717, 1.165) is 16.5 Å². The first kappa shape index (κ1) is 25.2. The maximum absolute atomic E-state index is 12.8. The number of hydrogen-bond acceptors (Lipinski definition) is 5. The van der Waals surface area contributed by atoms with Crippen LogP contribution in [0.2, 0.25) is 0 Å². The van der Waals surface area contributed by atoms with E-state index in [1.165, 1.54) is 4.90 Å². The van der Waals surface area contributed by atoms with Crippen LogP contribution in [0.5, 0.6) is 0 Å². The first-order chi connectivity index (χ1) is 16.2. The number of aromatic nitrogens is 1. The highest BCUT2D eigenvalue weighted by molar-refractivity contribution is 5.93. The number of carboxylic acids is 1. The third kappa shape index (κ3) is 5.74. The summed E-state index contributed by atoms with van der Waals surface area (Å²) in [6.07, 6.45) is 3.79. The fraction of sp³-hybridized carbons (Fsp3) is 0.500. The Labute approximate surface area is 198 Å². The van der Waals surface area contributed by atoms with Gasteiger partial charge in [0.05, 0.1) is 12.6 Å². The highest BCUT2D eigenvalue weighted by Gasteiger charge is 2.36. The molecule has 34 heavy (non-hydrogen) atoms. The fourth-order valence-electron chi connectivity index (χ4n) is 4.30. The summed E-state index contributed by atoms with van der Waals surface area (Å²) < 4.78 is 0. The van der Waals surface area contributed by atoms with E-state index in [1.807, 2.05) is 37.4 Å². The molecule has 0 radical (unpaired) electrons. The van der Waals surface area contributed by atoms with E-state index in [-0.39, 0.29) is 12.5 Å². The quantitative estimate of drug-likeness (QED) is 0.344. The predicted molar refractivity (Wildman–Crippen MR) is 127 cm³/mol. The summed E-state index contributed by atoms with van der Waals surface area (Å²) in [6.45, 7) is 3.70. The smallest absolute Gasteiger partial charge is 0.326 e. The molecule has 1 aliphatic rings. The van der Waals surface area contributed by atoms with Crippen LogP contribution in [0.4, 0.5) is 0 Å². The molecule has 1 aromatic heterocycles. The number of amides is 3. The highest BCUT2D eigenvalue weighted by atomic mass is 16.4. The minimum atomic E-state index is -1.10. The predicted octanol–water partition coefficient (Wildman–Crippen LogP) is 0.760. The normalized spacial score (nSPS) is 18.3. The Kier molecular flexibility index (Phi) is 8.27. The second kappa shape index (κ2) is 11.1. The summed E-state index contributed by atoms with van der Waals surface area (Å²) in [6, 6.07) is 5.11. The van der Waals surface area contributed by atoms with Crippen LogP contribution in [0.3, 0.4) is 0 Å². The lowest BCUT2D eigenvalue weighted by Crippen LogP contribution is -2.54. The van der Waals surface area contributed by atoms with Gasteiger partial charge in [0, 0.05) is 23.6 Å². The zero-order valence-electron chi connectivity index (χ0n) is 19.5. The number of fused-ring (bicyclic) bond motifs is 1. The number of carbonyl (C=O) groups excluding carboxylic acids is 3. The number of carboxylic acid groups (broad SMARTS) is 1. The number of aliphatic carboxylic acids is 1. The Morgan fingerprint density at radius 3 is 2.71 bits per heavy atom. The van der Waals surface area contributed by atoms with Crippen LogP contribution >= 0.6 is 0 Å². The lowest BCUT2D eigenvalue weighted by molar-refractivity contribution is -0.145. The average molecular weight is 472 g/mol. The molecule has 1 aliphatic heterocycles. The van der Waals surface area contributed by atoms with Crippen molar-refractivity contribution >= 4 is 34.6 Å². The molecule has 0 aliphatic carbocycles. The number of carbonyl (C=O) groups is 4. The van der Waals surface area contributed by atoms with Gasteiger partial charge in [-0.3, -0.25) is 14.4 Å². The molecule has 10 heteroatoms. The molecule has 1 aromatic carbocycles. The molecule has 1 saturated heterocycles. The van der Waals surface area contributed by atoms with Crippen LogP contribution in [-0.2, 0) is 25.6 Å². The molecule has 3 rings (SSSR count). The Balaban J connectivity index is 1.54. The van der Waals surface area contributed by atoms with Crippen molar-refractivity contribution in [3.8, 4) is 0 Å². The van der Waals surface area contributed by atoms with Gasteiger partial charge in [0.2, 0.25) is 17.7 Å². The summed E-state index contributed by atoms with van der Waals surface area (Å²) in [7, 11) is 0. The number of benzene rings is 1. The van der Waals surface area contributed by atoms with Gasteiger partial charge in [-0.15, -0.1) is 0 Å². The number of nitrogens with zero attached hydrogens (tertiary/aromatic N) is 1. The lowest BCUT2D eigenvalue weighted by atomic mass is 9.99. The first-order valence-electron chi connectivity index (χ1n) is 11.6. The van der Waals surface area contributed by atoms with Crippen LogP contribution in [0.1, 0.15) is 38.7 Å². The van der Waals surface area contributed by atoms with Crippen LogP contribution in [0, 0.1) is 5.92 Å². The van der Waals surface area contributed by atoms with E-state index in [0.29, 0.717) is 32.2 Å². The standard InChI is InChI=1S/C24H33N5O5/c1-3-14(2)21(24(33)34)28-23(32)19-9-6-10-29(19)20(30)13-27-22(31)17(25)11-15-12-26-18-8-5-4-7-16(15)18/h4-5,7-8,12,14,17,19,21,26H,3,6,9-11,13,25H2,1-2H3,(H,27,31)(H,28,32)(H,33,34). The molecular formula is C24H33N5O5. The van der Waals surface area contributed by atoms with E-state index in [9.17, 15) is 24.3 Å². The molecule has 2 heterocycles. The van der Waals surface area contributed by atoms with E-state index in [1.54, 1.807) is 6.92 Å². The molecular weight excluding hydrogens is 438 g/mol. The van der Waals surface area contributed by atoms with E-state index < -0.39 is 41.8 Å². The van der Waals surface area contributed by atoms with Crippen molar-refractivity contribution in [3.05, 3.63) is 36.0 Å². The van der Waals surface area contributed by atoms with Crippen molar-refractivity contribution in [2.75, 3.05) is 13.1 Å². The second-order valence-corrected chi connectivity index (χ2v) is 8.84. The third-order valence-electron chi connectivity index (χ3n) is 6.52. The molecule has 0 saturated carbocycles. The van der Waals surface area contributed by atoms with Gasteiger partial charge >= 0.3 is 5.97 Å². The fourth-order valence-corrected chi connectivity index (χ4v) is 4.30. The molecule has 3 amide bonds. The summed E-state index contributed by atoms with van der Waals surface area (Å²) in [5, 5.41) is 15.6. The Hall–Kier alpha value is -3.40. The molecule has 2 aromatic rings. The van der Waals surface area contributed by atoms with Crippen molar-refractivity contribution in [1.82, 2.24) is 20.5 Å². The van der Waals surface area contributed by atoms with Gasteiger partial charge in [0.25, 0.3) is 0 Å². The van der Waals surface area contributed by atoms with Crippen molar-refractivity contribution < 1.29 is 24.3 Å². The summed E-state index contributed by atoms with van der Waals surface area (Å²) in [5.41, 5.74) is 7.94. The summed E-state index contributed by atoms with van der Waals surface area (Å²) in [4.78, 5) is 54.1. The molecule has 184 valence electrons. The Bertz CT molecular complexity index is 1050. The SMILES string of the molecule is CCC(C)C(NC(=O)C1CCCN1C(=O)CNC(=O)C(N)Cc1c[nH]c2ccccc12)C(=O)O. The molecule has 10 nitrogen and oxygen atoms in total. The molecule has 6 N–H and O–H groups in total. The van der Waals surface area contributed by atoms with E-state index >= 15 is 0 Å². The van der Waals surface area contributed by atoms with Gasteiger partial charge in [-0.2, -0.15) is 0 Å². The number of hydrogen-bond donors (Lipinski definition) is 5. The van der Waals surface area contributed by atoms with E-state index in [2.05, 4.69) is 15.6 Å². The number of H-pyrrole nitrogens is 1. The molecule has 0 bridgehead atoms. The molecule has 0 spiro atoms. The lowest BCUT2D eigenvalue weighted by Gasteiger charge is -2.27. The van der Waals surface area contributed by atoms with Gasteiger partial charge in [0.1, 0.15) is 12.1 Å². The van der Waals surface area contributed by atoms with Gasteiger partial charge in [-0.05, 0) is 36.8 Å². The molecule has 4 atom stereocenters. The van der Waals surface area contributed by atoms with Crippen molar-refractivity contribution in [2.24, 2.45) is 11.7 Å². The number of para-hydroxylation sites is 1. The molecule has 1 fully saturated rings. The maximum Gasteiger partial charge on any atom is 0.326 e. The van der Waals surface area contributed by atoms with Gasteiger partial charge < -0.3 is 31.4 Å². The van der Waals surface area contributed by atoms with Crippen LogP contribution in [-0.4, -0.2) is 69.9 Å². The van der Waals surface area contributed by atoms with E-state index in [4.69, 9.17) is 5.73 Å². The Morgan fingerprint density at radius 2 is 2.00 bits per heavy atom. The summed E-state index contributed by atoms with van der Waals surface area (Å²) >= 11 is 0. The van der Waals surface area contributed by atoms with Gasteiger partial charge in [-0.1, -0.05) is 38.5 Å². The van der Waals surface area contributed by atoms with Crippen LogP contribution < -0.4 is 16.4 Å². The number of nitrogens with one attached hydrogen (secondary N) is 3. The maximum atomic E-state index is 12.8. The van der Waals surface area contributed by atoms with Crippen molar-refractivity contribution in [1.29, 1.82) is 0 Å². The summed E-state index contributed by atoms with van der Waals surface area (Å²) in [5.74, 6) is -2.69. The second-order valence-electron chi connectivity index (χ2n) is 8.84. The van der Waals surface area contributed by atoms with Crippen molar-refractivity contribution in [3.63, 3.8) is 0 Å². The minimum Gasteiger partial charge on any atom is -0.480 e. The van der Waals surface area contributed by atoms with Crippen molar-refractivity contribution in [2.45, 2.75) is 57.7 Å². The molecule has 4 unspecified atom stereocenters. The number of rotatable bonds is 10. The number of aromatic amines is 1. The number of likely N-dealkylation sites (tertiary alicyclic amines) is 1.